The van der Waals surface area contributed by atoms with Crippen molar-refractivity contribution in [2.75, 3.05) is 0 Å². The van der Waals surface area contributed by atoms with Gasteiger partial charge in [0.15, 0.2) is 0 Å². The van der Waals surface area contributed by atoms with E-state index in [4.69, 9.17) is 0 Å². The van der Waals surface area contributed by atoms with Crippen LogP contribution in [-0.2, 0) is 10.8 Å². The molecule has 1 rings (SSSR count). The summed E-state index contributed by atoms with van der Waals surface area (Å²) in [6.07, 6.45) is 7.21. The first-order valence-electron chi connectivity index (χ1n) is 3.98. The zero-order chi connectivity index (χ0) is 9.84. The van der Waals surface area contributed by atoms with Gasteiger partial charge in [-0.3, -0.25) is 0 Å². The average molecular weight is 192 g/mol. The Hall–Kier alpha value is -1.15. The van der Waals surface area contributed by atoms with Crippen LogP contribution >= 0.6 is 0 Å². The zero-order valence-electron chi connectivity index (χ0n) is 7.62. The van der Waals surface area contributed by atoms with Gasteiger partial charge >= 0.3 is 0 Å². The Kier molecular flexibility index (Phi) is 3.20. The van der Waals surface area contributed by atoms with Gasteiger partial charge in [-0.1, -0.05) is 31.4 Å². The second-order valence-corrected chi connectivity index (χ2v) is 3.91. The third-order valence-electron chi connectivity index (χ3n) is 1.74. The first-order valence-corrected chi connectivity index (χ1v) is 5.19. The van der Waals surface area contributed by atoms with Crippen molar-refractivity contribution < 1.29 is 4.21 Å². The molecule has 0 N–H and O–H groups in total. The van der Waals surface area contributed by atoms with E-state index in [1.165, 1.54) is 0 Å². The molecule has 0 fully saturated rings. The second kappa shape index (κ2) is 4.19. The summed E-state index contributed by atoms with van der Waals surface area (Å²) in [5.74, 6) is 0. The molecule has 1 aliphatic heterocycles. The van der Waals surface area contributed by atoms with Crippen LogP contribution in [0.25, 0.3) is 0 Å². The van der Waals surface area contributed by atoms with Gasteiger partial charge < -0.3 is 0 Å². The highest BCUT2D eigenvalue weighted by Gasteiger charge is 2.12. The maximum absolute atomic E-state index is 11.5. The largest absolute Gasteiger partial charge is 0.250 e. The average Bonchev–Trinajstić information content (AvgIpc) is 2.12. The van der Waals surface area contributed by atoms with Gasteiger partial charge in [0.05, 0.1) is 15.7 Å². The molecule has 68 valence electrons. The molecule has 1 nitrogen and oxygen atoms in total. The Bertz CT molecular complexity index is 356. The van der Waals surface area contributed by atoms with Gasteiger partial charge in [0.25, 0.3) is 0 Å². The van der Waals surface area contributed by atoms with Crippen molar-refractivity contribution in [3.05, 3.63) is 58.9 Å². The molecule has 0 aromatic heterocycles. The van der Waals surface area contributed by atoms with Gasteiger partial charge in [-0.05, 0) is 24.1 Å². The van der Waals surface area contributed by atoms with Crippen LogP contribution in [0.5, 0.6) is 0 Å². The smallest absolute Gasteiger partial charge is 0.0782 e. The molecule has 1 heterocycles. The summed E-state index contributed by atoms with van der Waals surface area (Å²) >= 11 is 0. The van der Waals surface area contributed by atoms with E-state index in [0.29, 0.717) is 0 Å². The van der Waals surface area contributed by atoms with E-state index in [0.717, 1.165) is 16.1 Å². The van der Waals surface area contributed by atoms with Crippen LogP contribution in [0, 0.1) is 0 Å². The molecule has 0 saturated heterocycles. The highest BCUT2D eigenvalue weighted by Crippen LogP contribution is 2.25. The van der Waals surface area contributed by atoms with E-state index in [-0.39, 0.29) is 0 Å². The Balaban J connectivity index is 3.26. The SMILES string of the molecule is C=CC1=C(/C=C\C)C(=C)C=CS1=O. The van der Waals surface area contributed by atoms with Crippen LogP contribution in [0.3, 0.4) is 0 Å². The maximum Gasteiger partial charge on any atom is 0.0782 e. The maximum atomic E-state index is 11.5. The minimum atomic E-state index is -1.06. The summed E-state index contributed by atoms with van der Waals surface area (Å²) in [5, 5.41) is 1.63. The van der Waals surface area contributed by atoms with Gasteiger partial charge in [0, 0.05) is 5.41 Å². The summed E-state index contributed by atoms with van der Waals surface area (Å²) in [5.41, 5.74) is 1.80. The fourth-order valence-corrected chi connectivity index (χ4v) is 2.14. The van der Waals surface area contributed by atoms with E-state index in [1.54, 1.807) is 17.6 Å². The first-order chi connectivity index (χ1) is 6.20. The molecule has 0 radical (unpaired) electrons. The Morgan fingerprint density at radius 1 is 1.54 bits per heavy atom. The van der Waals surface area contributed by atoms with Crippen molar-refractivity contribution in [2.24, 2.45) is 0 Å². The standard InChI is InChI=1S/C11H12OS/c1-4-6-10-9(3)7-8-13(12)11(10)5-2/h4-8H,2-3H2,1H3/b6-4-. The molecule has 0 aliphatic carbocycles. The predicted octanol–water partition coefficient (Wildman–Crippen LogP) is 2.83. The summed E-state index contributed by atoms with van der Waals surface area (Å²) in [6, 6.07) is 0. The topological polar surface area (TPSA) is 17.1 Å². The lowest BCUT2D eigenvalue weighted by atomic mass is 10.1. The van der Waals surface area contributed by atoms with Crippen molar-refractivity contribution >= 4 is 10.8 Å². The number of rotatable bonds is 2. The lowest BCUT2D eigenvalue weighted by molar-refractivity contribution is 0.692. The van der Waals surface area contributed by atoms with Gasteiger partial charge in [0.2, 0.25) is 0 Å². The minimum absolute atomic E-state index is 0.741. The fraction of sp³-hybridized carbons (Fsp3) is 0.0909. The Morgan fingerprint density at radius 3 is 2.77 bits per heavy atom. The van der Waals surface area contributed by atoms with Crippen LogP contribution in [0.15, 0.2) is 58.9 Å². The summed E-state index contributed by atoms with van der Waals surface area (Å²) in [7, 11) is -1.06. The van der Waals surface area contributed by atoms with Crippen LogP contribution in [-0.4, -0.2) is 4.21 Å². The number of hydrogen-bond acceptors (Lipinski definition) is 1. The van der Waals surface area contributed by atoms with Crippen molar-refractivity contribution in [1.82, 2.24) is 0 Å². The molecule has 2 heteroatoms. The quantitative estimate of drug-likeness (QED) is 0.657. The molecule has 0 amide bonds. The van der Waals surface area contributed by atoms with Crippen molar-refractivity contribution in [3.63, 3.8) is 0 Å². The van der Waals surface area contributed by atoms with Crippen LogP contribution in [0.2, 0.25) is 0 Å². The van der Waals surface area contributed by atoms with E-state index in [9.17, 15) is 4.21 Å². The van der Waals surface area contributed by atoms with E-state index >= 15 is 0 Å². The Labute approximate surface area is 81.3 Å². The Morgan fingerprint density at radius 2 is 2.23 bits per heavy atom. The van der Waals surface area contributed by atoms with Gasteiger partial charge in [-0.15, -0.1) is 0 Å². The third kappa shape index (κ3) is 1.95. The third-order valence-corrected chi connectivity index (χ3v) is 2.94. The molecular formula is C11H12OS. The molecular weight excluding hydrogens is 180 g/mol. The van der Waals surface area contributed by atoms with Gasteiger partial charge in [-0.25, -0.2) is 4.21 Å². The molecule has 0 bridgehead atoms. The number of hydrogen-bond donors (Lipinski definition) is 0. The molecule has 0 aromatic rings. The zero-order valence-corrected chi connectivity index (χ0v) is 8.43. The van der Waals surface area contributed by atoms with Gasteiger partial charge in [-0.2, -0.15) is 0 Å². The van der Waals surface area contributed by atoms with Crippen LogP contribution in [0.1, 0.15) is 6.92 Å². The molecule has 0 spiro atoms. The fourth-order valence-electron chi connectivity index (χ4n) is 1.12. The molecule has 0 aromatic carbocycles. The summed E-state index contributed by atoms with van der Waals surface area (Å²) in [4.78, 5) is 0.741. The predicted molar refractivity (Wildman–Crippen MR) is 58.5 cm³/mol. The van der Waals surface area contributed by atoms with Crippen molar-refractivity contribution in [1.29, 1.82) is 0 Å². The lowest BCUT2D eigenvalue weighted by Crippen LogP contribution is -1.99. The highest BCUT2D eigenvalue weighted by atomic mass is 32.2. The second-order valence-electron chi connectivity index (χ2n) is 2.61. The van der Waals surface area contributed by atoms with E-state index in [2.05, 4.69) is 13.2 Å². The highest BCUT2D eigenvalue weighted by molar-refractivity contribution is 7.92. The van der Waals surface area contributed by atoms with Crippen molar-refractivity contribution in [2.45, 2.75) is 6.92 Å². The molecule has 1 unspecified atom stereocenters. The van der Waals surface area contributed by atoms with Crippen molar-refractivity contribution in [3.8, 4) is 0 Å². The lowest BCUT2D eigenvalue weighted by Gasteiger charge is -2.11. The number of allylic oxidation sites excluding steroid dienone is 6. The minimum Gasteiger partial charge on any atom is -0.250 e. The summed E-state index contributed by atoms with van der Waals surface area (Å²) in [6.45, 7) is 9.43. The molecule has 1 aliphatic rings. The van der Waals surface area contributed by atoms with E-state index < -0.39 is 10.8 Å². The van der Waals surface area contributed by atoms with E-state index in [1.807, 2.05) is 19.1 Å². The van der Waals surface area contributed by atoms with Crippen LogP contribution < -0.4 is 0 Å². The monoisotopic (exact) mass is 192 g/mol. The molecule has 13 heavy (non-hydrogen) atoms. The van der Waals surface area contributed by atoms with Crippen LogP contribution in [0.4, 0.5) is 0 Å². The normalized spacial score (nSPS) is 22.8. The first kappa shape index (κ1) is 9.93. The molecule has 1 atom stereocenters. The van der Waals surface area contributed by atoms with Gasteiger partial charge in [0.1, 0.15) is 0 Å². The molecule has 0 saturated carbocycles. The summed E-state index contributed by atoms with van der Waals surface area (Å²) < 4.78 is 11.5.